The molecule has 3 nitrogen and oxygen atoms in total. The van der Waals surface area contributed by atoms with Crippen LogP contribution in [0.25, 0.3) is 0 Å². The lowest BCUT2D eigenvalue weighted by Crippen LogP contribution is -2.55. The van der Waals surface area contributed by atoms with Crippen molar-refractivity contribution in [3.8, 4) is 0 Å². The molecule has 0 bridgehead atoms. The lowest BCUT2D eigenvalue weighted by molar-refractivity contribution is -0.125. The van der Waals surface area contributed by atoms with Crippen molar-refractivity contribution in [3.63, 3.8) is 0 Å². The smallest absolute Gasteiger partial charge is 0.244 e. The van der Waals surface area contributed by atoms with Gasteiger partial charge in [-0.05, 0) is 48.1 Å². The van der Waals surface area contributed by atoms with Gasteiger partial charge in [-0.3, -0.25) is 9.69 Å². The molecule has 138 valence electrons. The minimum atomic E-state index is -0.106. The highest BCUT2D eigenvalue weighted by atomic mass is 16.2. The van der Waals surface area contributed by atoms with Crippen molar-refractivity contribution >= 4 is 11.6 Å². The second-order valence-electron chi connectivity index (χ2n) is 8.36. The van der Waals surface area contributed by atoms with Gasteiger partial charge in [-0.25, -0.2) is 0 Å². The molecule has 0 N–H and O–H groups in total. The zero-order chi connectivity index (χ0) is 18.9. The maximum Gasteiger partial charge on any atom is 0.244 e. The van der Waals surface area contributed by atoms with Crippen molar-refractivity contribution in [1.82, 2.24) is 4.90 Å². The number of hydrogen-bond donors (Lipinski definition) is 0. The summed E-state index contributed by atoms with van der Waals surface area (Å²) in [7, 11) is 0. The van der Waals surface area contributed by atoms with E-state index in [1.165, 1.54) is 16.7 Å². The summed E-state index contributed by atoms with van der Waals surface area (Å²) in [6, 6.07) is 16.8. The van der Waals surface area contributed by atoms with Crippen molar-refractivity contribution in [2.45, 2.75) is 52.6 Å². The average molecular weight is 351 g/mol. The van der Waals surface area contributed by atoms with Crippen LogP contribution < -0.4 is 4.90 Å². The third-order valence-corrected chi connectivity index (χ3v) is 5.46. The van der Waals surface area contributed by atoms with E-state index < -0.39 is 0 Å². The summed E-state index contributed by atoms with van der Waals surface area (Å²) in [6.07, 6.45) is 0. The minimum absolute atomic E-state index is 0.106. The number of carbonyl (C=O) groups excluding carboxylic acids is 1. The number of benzene rings is 2. The van der Waals surface area contributed by atoms with Crippen molar-refractivity contribution in [1.29, 1.82) is 0 Å². The molecule has 1 aliphatic rings. The summed E-state index contributed by atoms with van der Waals surface area (Å²) in [5.41, 5.74) is 5.01. The van der Waals surface area contributed by atoms with Gasteiger partial charge in [-0.2, -0.15) is 0 Å². The SMILES string of the molecule is Cc1ccccc1CN1CCN(c2ccc(C(C)(C)C)cc2)C(=O)[C@H]1C. The van der Waals surface area contributed by atoms with Crippen LogP contribution in [0.3, 0.4) is 0 Å². The van der Waals surface area contributed by atoms with Crippen molar-refractivity contribution in [3.05, 3.63) is 65.2 Å². The highest BCUT2D eigenvalue weighted by Gasteiger charge is 2.32. The molecule has 1 atom stereocenters. The number of hydrogen-bond acceptors (Lipinski definition) is 2. The first kappa shape index (κ1) is 18.7. The Balaban J connectivity index is 1.72. The summed E-state index contributed by atoms with van der Waals surface area (Å²) >= 11 is 0. The number of rotatable bonds is 3. The van der Waals surface area contributed by atoms with Gasteiger partial charge in [0.25, 0.3) is 0 Å². The molecule has 0 radical (unpaired) electrons. The van der Waals surface area contributed by atoms with E-state index in [0.29, 0.717) is 0 Å². The third kappa shape index (κ3) is 3.83. The van der Waals surface area contributed by atoms with E-state index in [4.69, 9.17) is 0 Å². The number of aryl methyl sites for hydroxylation is 1. The molecule has 0 spiro atoms. The fraction of sp³-hybridized carbons (Fsp3) is 0.435. The maximum atomic E-state index is 13.0. The molecule has 1 amide bonds. The maximum absolute atomic E-state index is 13.0. The van der Waals surface area contributed by atoms with E-state index in [1.54, 1.807) is 0 Å². The van der Waals surface area contributed by atoms with Gasteiger partial charge >= 0.3 is 0 Å². The zero-order valence-electron chi connectivity index (χ0n) is 16.6. The topological polar surface area (TPSA) is 23.6 Å². The molecule has 0 saturated carbocycles. The molecular weight excluding hydrogens is 320 g/mol. The van der Waals surface area contributed by atoms with Crippen LogP contribution in [0.4, 0.5) is 5.69 Å². The molecule has 2 aromatic rings. The van der Waals surface area contributed by atoms with Gasteiger partial charge < -0.3 is 4.90 Å². The molecule has 0 unspecified atom stereocenters. The average Bonchev–Trinajstić information content (AvgIpc) is 2.60. The Hall–Kier alpha value is -2.13. The Kier molecular flexibility index (Phi) is 5.19. The summed E-state index contributed by atoms with van der Waals surface area (Å²) in [5.74, 6) is 0.188. The monoisotopic (exact) mass is 350 g/mol. The van der Waals surface area contributed by atoms with Crippen LogP contribution in [0.15, 0.2) is 48.5 Å². The molecule has 1 saturated heterocycles. The Morgan fingerprint density at radius 1 is 1.00 bits per heavy atom. The normalized spacial score (nSPS) is 19.0. The van der Waals surface area contributed by atoms with E-state index >= 15 is 0 Å². The lowest BCUT2D eigenvalue weighted by Gasteiger charge is -2.39. The third-order valence-electron chi connectivity index (χ3n) is 5.46. The molecule has 3 rings (SSSR count). The highest BCUT2D eigenvalue weighted by molar-refractivity contribution is 5.97. The lowest BCUT2D eigenvalue weighted by atomic mass is 9.87. The van der Waals surface area contributed by atoms with Crippen LogP contribution >= 0.6 is 0 Å². The van der Waals surface area contributed by atoms with Gasteiger partial charge in [0.05, 0.1) is 6.04 Å². The number of anilines is 1. The predicted octanol–water partition coefficient (Wildman–Crippen LogP) is 4.53. The standard InChI is InChI=1S/C23H30N2O/c1-17-8-6-7-9-19(17)16-24-14-15-25(22(26)18(24)2)21-12-10-20(11-13-21)23(3,4)5/h6-13,18H,14-16H2,1-5H3/t18-/m1/s1. The predicted molar refractivity (Wildman–Crippen MR) is 109 cm³/mol. The molecule has 0 aliphatic carbocycles. The zero-order valence-corrected chi connectivity index (χ0v) is 16.6. The van der Waals surface area contributed by atoms with Gasteiger partial charge in [0.2, 0.25) is 5.91 Å². The van der Waals surface area contributed by atoms with E-state index in [9.17, 15) is 4.79 Å². The van der Waals surface area contributed by atoms with Crippen LogP contribution in [-0.4, -0.2) is 29.9 Å². The van der Waals surface area contributed by atoms with Crippen LogP contribution in [-0.2, 0) is 16.8 Å². The first-order chi connectivity index (χ1) is 12.3. The molecule has 2 aromatic carbocycles. The van der Waals surface area contributed by atoms with Gasteiger partial charge in [0.1, 0.15) is 0 Å². The molecule has 1 heterocycles. The second kappa shape index (κ2) is 7.24. The highest BCUT2D eigenvalue weighted by Crippen LogP contribution is 2.27. The van der Waals surface area contributed by atoms with Gasteiger partial charge in [0.15, 0.2) is 0 Å². The van der Waals surface area contributed by atoms with Crippen molar-refractivity contribution in [2.75, 3.05) is 18.0 Å². The molecule has 3 heteroatoms. The number of piperazine rings is 1. The first-order valence-corrected chi connectivity index (χ1v) is 9.48. The largest absolute Gasteiger partial charge is 0.310 e. The van der Waals surface area contributed by atoms with E-state index in [1.807, 2.05) is 11.8 Å². The summed E-state index contributed by atoms with van der Waals surface area (Å²) < 4.78 is 0. The Bertz CT molecular complexity index is 774. The number of amides is 1. The Morgan fingerprint density at radius 2 is 1.65 bits per heavy atom. The van der Waals surface area contributed by atoms with E-state index in [-0.39, 0.29) is 17.4 Å². The van der Waals surface area contributed by atoms with Crippen LogP contribution in [0.5, 0.6) is 0 Å². The van der Waals surface area contributed by atoms with Crippen molar-refractivity contribution < 1.29 is 4.79 Å². The summed E-state index contributed by atoms with van der Waals surface area (Å²) in [6.45, 7) is 13.2. The molecule has 26 heavy (non-hydrogen) atoms. The Labute approximate surface area is 157 Å². The first-order valence-electron chi connectivity index (χ1n) is 9.48. The van der Waals surface area contributed by atoms with Gasteiger partial charge in [-0.1, -0.05) is 57.2 Å². The quantitative estimate of drug-likeness (QED) is 0.812. The number of nitrogens with zero attached hydrogens (tertiary/aromatic N) is 2. The molecule has 1 aliphatic heterocycles. The van der Waals surface area contributed by atoms with Crippen LogP contribution in [0, 0.1) is 6.92 Å². The second-order valence-corrected chi connectivity index (χ2v) is 8.36. The summed E-state index contributed by atoms with van der Waals surface area (Å²) in [5, 5.41) is 0. The minimum Gasteiger partial charge on any atom is -0.310 e. The van der Waals surface area contributed by atoms with Crippen LogP contribution in [0.2, 0.25) is 0 Å². The molecule has 0 aromatic heterocycles. The van der Waals surface area contributed by atoms with E-state index in [2.05, 4.69) is 81.1 Å². The Morgan fingerprint density at radius 3 is 2.27 bits per heavy atom. The van der Waals surface area contributed by atoms with Crippen molar-refractivity contribution in [2.24, 2.45) is 0 Å². The van der Waals surface area contributed by atoms with Gasteiger partial charge in [-0.15, -0.1) is 0 Å². The molecule has 1 fully saturated rings. The number of carbonyl (C=O) groups is 1. The van der Waals surface area contributed by atoms with Crippen LogP contribution in [0.1, 0.15) is 44.4 Å². The van der Waals surface area contributed by atoms with Gasteiger partial charge in [0, 0.05) is 25.3 Å². The fourth-order valence-corrected chi connectivity index (χ4v) is 3.53. The summed E-state index contributed by atoms with van der Waals surface area (Å²) in [4.78, 5) is 17.2. The molecular formula is C23H30N2O. The van der Waals surface area contributed by atoms with E-state index in [0.717, 1.165) is 25.3 Å². The fourth-order valence-electron chi connectivity index (χ4n) is 3.53.